The molecule has 108 valence electrons. The van der Waals surface area contributed by atoms with E-state index in [1.54, 1.807) is 0 Å². The summed E-state index contributed by atoms with van der Waals surface area (Å²) < 4.78 is 0. The topological polar surface area (TPSA) is 29.3 Å². The lowest BCUT2D eigenvalue weighted by Gasteiger charge is -2.24. The molecule has 0 amide bonds. The van der Waals surface area contributed by atoms with Crippen LogP contribution in [-0.2, 0) is 12.0 Å². The Kier molecular flexibility index (Phi) is 5.57. The van der Waals surface area contributed by atoms with Crippen LogP contribution in [0.3, 0.4) is 0 Å². The van der Waals surface area contributed by atoms with Crippen LogP contribution in [-0.4, -0.2) is 25.0 Å². The van der Waals surface area contributed by atoms with Crippen molar-refractivity contribution in [1.82, 2.24) is 4.90 Å². The van der Waals surface area contributed by atoms with Gasteiger partial charge in [0.15, 0.2) is 0 Å². The van der Waals surface area contributed by atoms with E-state index in [9.17, 15) is 0 Å². The lowest BCUT2D eigenvalue weighted by Crippen LogP contribution is -2.28. The van der Waals surface area contributed by atoms with Gasteiger partial charge in [0.05, 0.1) is 0 Å². The van der Waals surface area contributed by atoms with Gasteiger partial charge >= 0.3 is 0 Å². The van der Waals surface area contributed by atoms with Crippen LogP contribution in [0.5, 0.6) is 0 Å². The minimum absolute atomic E-state index is 0.225. The molecule has 1 atom stereocenters. The minimum Gasteiger partial charge on any atom is -0.330 e. The number of benzene rings is 1. The monoisotopic (exact) mass is 262 g/mol. The van der Waals surface area contributed by atoms with E-state index < -0.39 is 0 Å². The second-order valence-electron chi connectivity index (χ2n) is 6.93. The number of hydrogen-bond acceptors (Lipinski definition) is 2. The molecule has 1 rings (SSSR count). The molecule has 0 aromatic heterocycles. The summed E-state index contributed by atoms with van der Waals surface area (Å²) in [5, 5.41) is 0. The smallest absolute Gasteiger partial charge is 0.0233 e. The third-order valence-electron chi connectivity index (χ3n) is 3.67. The summed E-state index contributed by atoms with van der Waals surface area (Å²) in [6.45, 7) is 14.0. The van der Waals surface area contributed by atoms with Crippen molar-refractivity contribution in [2.75, 3.05) is 20.1 Å². The van der Waals surface area contributed by atoms with E-state index in [0.717, 1.165) is 19.6 Å². The number of nitrogens with two attached hydrogens (primary N) is 1. The average molecular weight is 262 g/mol. The zero-order valence-corrected chi connectivity index (χ0v) is 13.5. The van der Waals surface area contributed by atoms with Crippen LogP contribution in [0.25, 0.3) is 0 Å². The molecule has 0 aliphatic heterocycles. The molecule has 2 N–H and O–H groups in total. The SMILES string of the molecule is Cc1cc(C(C)(C)C)ccc1CN(C)CC(C)CN. The largest absolute Gasteiger partial charge is 0.330 e. The summed E-state index contributed by atoms with van der Waals surface area (Å²) in [5.41, 5.74) is 10.1. The molecule has 2 heteroatoms. The Balaban J connectivity index is 2.75. The van der Waals surface area contributed by atoms with E-state index >= 15 is 0 Å². The number of hydrogen-bond donors (Lipinski definition) is 1. The first-order valence-electron chi connectivity index (χ1n) is 7.22. The van der Waals surface area contributed by atoms with E-state index in [4.69, 9.17) is 5.73 Å². The Morgan fingerprint density at radius 1 is 1.26 bits per heavy atom. The van der Waals surface area contributed by atoms with Gasteiger partial charge in [0.1, 0.15) is 0 Å². The van der Waals surface area contributed by atoms with Gasteiger partial charge in [-0.2, -0.15) is 0 Å². The highest BCUT2D eigenvalue weighted by Crippen LogP contribution is 2.24. The molecule has 0 radical (unpaired) electrons. The van der Waals surface area contributed by atoms with Crippen molar-refractivity contribution >= 4 is 0 Å². The maximum Gasteiger partial charge on any atom is 0.0233 e. The zero-order valence-electron chi connectivity index (χ0n) is 13.5. The fourth-order valence-electron chi connectivity index (χ4n) is 2.30. The third-order valence-corrected chi connectivity index (χ3v) is 3.67. The molecule has 2 nitrogen and oxygen atoms in total. The van der Waals surface area contributed by atoms with Gasteiger partial charge in [-0.3, -0.25) is 0 Å². The molecular formula is C17H30N2. The quantitative estimate of drug-likeness (QED) is 0.882. The number of rotatable bonds is 5. The Bertz CT molecular complexity index is 404. The second kappa shape index (κ2) is 6.53. The van der Waals surface area contributed by atoms with E-state index in [1.165, 1.54) is 16.7 Å². The Labute approximate surface area is 119 Å². The van der Waals surface area contributed by atoms with Gasteiger partial charge < -0.3 is 10.6 Å². The van der Waals surface area contributed by atoms with Gasteiger partial charge in [-0.25, -0.2) is 0 Å². The lowest BCUT2D eigenvalue weighted by molar-refractivity contribution is 0.281. The predicted molar refractivity (Wildman–Crippen MR) is 84.4 cm³/mol. The molecule has 0 aliphatic carbocycles. The highest BCUT2D eigenvalue weighted by molar-refractivity contribution is 5.34. The van der Waals surface area contributed by atoms with Crippen molar-refractivity contribution in [2.45, 2.75) is 46.6 Å². The van der Waals surface area contributed by atoms with Crippen molar-refractivity contribution in [1.29, 1.82) is 0 Å². The third kappa shape index (κ3) is 4.96. The molecule has 0 heterocycles. The molecule has 0 saturated carbocycles. The molecule has 0 fully saturated rings. The molecule has 19 heavy (non-hydrogen) atoms. The molecule has 1 aromatic rings. The zero-order chi connectivity index (χ0) is 14.6. The average Bonchev–Trinajstić information content (AvgIpc) is 2.30. The van der Waals surface area contributed by atoms with Crippen LogP contribution < -0.4 is 5.73 Å². The molecule has 1 unspecified atom stereocenters. The van der Waals surface area contributed by atoms with Crippen molar-refractivity contribution in [2.24, 2.45) is 11.7 Å². The van der Waals surface area contributed by atoms with Crippen molar-refractivity contribution in [3.8, 4) is 0 Å². The van der Waals surface area contributed by atoms with Crippen molar-refractivity contribution < 1.29 is 0 Å². The van der Waals surface area contributed by atoms with Gasteiger partial charge in [-0.05, 0) is 48.5 Å². The number of nitrogens with zero attached hydrogens (tertiary/aromatic N) is 1. The van der Waals surface area contributed by atoms with E-state index in [2.05, 4.69) is 64.8 Å². The summed E-state index contributed by atoms with van der Waals surface area (Å²) >= 11 is 0. The maximum absolute atomic E-state index is 5.68. The molecular weight excluding hydrogens is 232 g/mol. The Morgan fingerprint density at radius 3 is 2.37 bits per heavy atom. The van der Waals surface area contributed by atoms with Gasteiger partial charge in [0.25, 0.3) is 0 Å². The van der Waals surface area contributed by atoms with E-state index in [1.807, 2.05) is 0 Å². The summed E-state index contributed by atoms with van der Waals surface area (Å²) in [5.74, 6) is 0.555. The van der Waals surface area contributed by atoms with Crippen molar-refractivity contribution in [3.05, 3.63) is 34.9 Å². The first-order valence-corrected chi connectivity index (χ1v) is 7.22. The van der Waals surface area contributed by atoms with Gasteiger partial charge in [-0.1, -0.05) is 45.9 Å². The Hall–Kier alpha value is -0.860. The number of aryl methyl sites for hydroxylation is 1. The summed E-state index contributed by atoms with van der Waals surface area (Å²) in [6.07, 6.45) is 0. The predicted octanol–water partition coefficient (Wildman–Crippen LogP) is 3.32. The minimum atomic E-state index is 0.225. The van der Waals surface area contributed by atoms with Gasteiger partial charge in [0, 0.05) is 13.1 Å². The molecule has 0 bridgehead atoms. The van der Waals surface area contributed by atoms with Crippen LogP contribution >= 0.6 is 0 Å². The van der Waals surface area contributed by atoms with Crippen LogP contribution in [0, 0.1) is 12.8 Å². The summed E-state index contributed by atoms with van der Waals surface area (Å²) in [7, 11) is 2.17. The summed E-state index contributed by atoms with van der Waals surface area (Å²) in [6, 6.07) is 6.87. The van der Waals surface area contributed by atoms with E-state index in [0.29, 0.717) is 5.92 Å². The second-order valence-corrected chi connectivity index (χ2v) is 6.93. The summed E-state index contributed by atoms with van der Waals surface area (Å²) in [4.78, 5) is 2.36. The maximum atomic E-state index is 5.68. The van der Waals surface area contributed by atoms with E-state index in [-0.39, 0.29) is 5.41 Å². The van der Waals surface area contributed by atoms with Crippen LogP contribution in [0.2, 0.25) is 0 Å². The van der Waals surface area contributed by atoms with Gasteiger partial charge in [-0.15, -0.1) is 0 Å². The first-order chi connectivity index (χ1) is 8.74. The van der Waals surface area contributed by atoms with Crippen molar-refractivity contribution in [3.63, 3.8) is 0 Å². The normalized spacial score (nSPS) is 13.9. The highest BCUT2D eigenvalue weighted by Gasteiger charge is 2.15. The molecule has 0 saturated heterocycles. The standard InChI is InChI=1S/C17H30N2/c1-13(10-18)11-19(6)12-15-7-8-16(9-14(15)2)17(3,4)5/h7-9,13H,10-12,18H2,1-6H3. The van der Waals surface area contributed by atoms with Crippen LogP contribution in [0.4, 0.5) is 0 Å². The van der Waals surface area contributed by atoms with Crippen LogP contribution in [0.1, 0.15) is 44.4 Å². The molecule has 1 aromatic carbocycles. The van der Waals surface area contributed by atoms with Gasteiger partial charge in [0.2, 0.25) is 0 Å². The first kappa shape index (κ1) is 16.2. The fourth-order valence-corrected chi connectivity index (χ4v) is 2.30. The fraction of sp³-hybridized carbons (Fsp3) is 0.647. The molecule has 0 aliphatic rings. The highest BCUT2D eigenvalue weighted by atomic mass is 15.1. The lowest BCUT2D eigenvalue weighted by atomic mass is 9.85. The Morgan fingerprint density at radius 2 is 1.89 bits per heavy atom. The van der Waals surface area contributed by atoms with Crippen LogP contribution in [0.15, 0.2) is 18.2 Å². The molecule has 0 spiro atoms.